The third kappa shape index (κ3) is 3.24. The van der Waals surface area contributed by atoms with Crippen molar-refractivity contribution in [2.75, 3.05) is 12.3 Å². The van der Waals surface area contributed by atoms with Crippen LogP contribution >= 0.6 is 23.1 Å². The second kappa shape index (κ2) is 6.21. The molecule has 2 heterocycles. The zero-order valence-corrected chi connectivity index (χ0v) is 12.6. The van der Waals surface area contributed by atoms with Crippen LogP contribution in [0.15, 0.2) is 0 Å². The second-order valence-electron chi connectivity index (χ2n) is 4.64. The van der Waals surface area contributed by atoms with Crippen LogP contribution in [0.3, 0.4) is 0 Å². The van der Waals surface area contributed by atoms with E-state index in [9.17, 15) is 0 Å². The van der Waals surface area contributed by atoms with Gasteiger partial charge in [-0.05, 0) is 39.0 Å². The molecule has 1 saturated heterocycles. The van der Waals surface area contributed by atoms with Gasteiger partial charge < -0.3 is 5.32 Å². The molecule has 0 bridgehead atoms. The van der Waals surface area contributed by atoms with Gasteiger partial charge in [0.05, 0.1) is 10.9 Å². The predicted octanol–water partition coefficient (Wildman–Crippen LogP) is 4.08. The van der Waals surface area contributed by atoms with Crippen molar-refractivity contribution in [3.8, 4) is 0 Å². The lowest BCUT2D eigenvalue weighted by Gasteiger charge is -2.18. The van der Waals surface area contributed by atoms with E-state index >= 15 is 0 Å². The molecular formula is C13H22N2S2. The summed E-state index contributed by atoms with van der Waals surface area (Å²) in [5.74, 6) is 1.31. The maximum absolute atomic E-state index is 4.80. The Labute approximate surface area is 113 Å². The van der Waals surface area contributed by atoms with Gasteiger partial charge in [-0.1, -0.05) is 13.3 Å². The Hall–Kier alpha value is -0.0600. The summed E-state index contributed by atoms with van der Waals surface area (Å²) in [5, 5.41) is 5.50. The molecule has 1 aromatic rings. The van der Waals surface area contributed by atoms with Crippen LogP contribution in [0.4, 0.5) is 0 Å². The maximum atomic E-state index is 4.80. The van der Waals surface area contributed by atoms with Gasteiger partial charge in [-0.3, -0.25) is 0 Å². The molecule has 0 radical (unpaired) electrons. The molecule has 0 aliphatic carbocycles. The molecule has 1 aliphatic heterocycles. The summed E-state index contributed by atoms with van der Waals surface area (Å²) >= 11 is 4.01. The lowest BCUT2D eigenvalue weighted by Crippen LogP contribution is -2.17. The molecule has 0 aromatic carbocycles. The number of aryl methyl sites for hydroxylation is 1. The zero-order chi connectivity index (χ0) is 12.3. The van der Waals surface area contributed by atoms with Gasteiger partial charge in [-0.25, -0.2) is 4.98 Å². The van der Waals surface area contributed by atoms with E-state index in [-0.39, 0.29) is 0 Å². The summed E-state index contributed by atoms with van der Waals surface area (Å²) in [6.45, 7) is 7.56. The molecule has 2 nitrogen and oxygen atoms in total. The van der Waals surface area contributed by atoms with Crippen LogP contribution in [0.25, 0.3) is 0 Å². The van der Waals surface area contributed by atoms with Gasteiger partial charge in [0.15, 0.2) is 0 Å². The van der Waals surface area contributed by atoms with E-state index in [0.717, 1.165) is 6.54 Å². The molecule has 0 amide bonds. The molecular weight excluding hydrogens is 248 g/mol. The summed E-state index contributed by atoms with van der Waals surface area (Å²) in [7, 11) is 0. The Balaban J connectivity index is 2.11. The van der Waals surface area contributed by atoms with Gasteiger partial charge in [-0.2, -0.15) is 11.8 Å². The summed E-state index contributed by atoms with van der Waals surface area (Å²) in [6, 6.07) is 0.444. The highest BCUT2D eigenvalue weighted by atomic mass is 32.2. The highest BCUT2D eigenvalue weighted by Gasteiger charge is 2.22. The summed E-state index contributed by atoms with van der Waals surface area (Å²) < 4.78 is 0. The van der Waals surface area contributed by atoms with Crippen LogP contribution in [-0.2, 0) is 0 Å². The van der Waals surface area contributed by atoms with Crippen LogP contribution in [-0.4, -0.2) is 17.3 Å². The Morgan fingerprint density at radius 1 is 1.47 bits per heavy atom. The number of hydrogen-bond donors (Lipinski definition) is 1. The largest absolute Gasteiger partial charge is 0.310 e. The zero-order valence-electron chi connectivity index (χ0n) is 11.0. The van der Waals surface area contributed by atoms with Gasteiger partial charge in [0.2, 0.25) is 0 Å². The Kier molecular flexibility index (Phi) is 4.88. The molecule has 0 spiro atoms. The second-order valence-corrected chi connectivity index (χ2v) is 7.01. The predicted molar refractivity (Wildman–Crippen MR) is 78.0 cm³/mol. The van der Waals surface area contributed by atoms with Crippen molar-refractivity contribution < 1.29 is 0 Å². The fraction of sp³-hybridized carbons (Fsp3) is 0.769. The Morgan fingerprint density at radius 3 is 2.94 bits per heavy atom. The minimum absolute atomic E-state index is 0.444. The van der Waals surface area contributed by atoms with Gasteiger partial charge >= 0.3 is 0 Å². The first-order valence-corrected chi connectivity index (χ1v) is 8.41. The molecule has 4 heteroatoms. The van der Waals surface area contributed by atoms with Crippen molar-refractivity contribution >= 4 is 23.1 Å². The van der Waals surface area contributed by atoms with E-state index in [4.69, 9.17) is 4.98 Å². The number of thioether (sulfide) groups is 1. The van der Waals surface area contributed by atoms with Crippen molar-refractivity contribution in [3.05, 3.63) is 15.6 Å². The monoisotopic (exact) mass is 270 g/mol. The number of hydrogen-bond acceptors (Lipinski definition) is 4. The van der Waals surface area contributed by atoms with Crippen molar-refractivity contribution in [2.45, 2.75) is 51.3 Å². The quantitative estimate of drug-likeness (QED) is 0.892. The lowest BCUT2D eigenvalue weighted by molar-refractivity contribution is 0.603. The normalized spacial score (nSPS) is 22.6. The molecule has 2 atom stereocenters. The van der Waals surface area contributed by atoms with Crippen molar-refractivity contribution in [1.29, 1.82) is 0 Å². The Morgan fingerprint density at radius 2 is 2.29 bits per heavy atom. The van der Waals surface area contributed by atoms with Gasteiger partial charge in [0.25, 0.3) is 0 Å². The van der Waals surface area contributed by atoms with Crippen molar-refractivity contribution in [1.82, 2.24) is 10.3 Å². The molecule has 17 heavy (non-hydrogen) atoms. The van der Waals surface area contributed by atoms with Crippen molar-refractivity contribution in [3.63, 3.8) is 0 Å². The van der Waals surface area contributed by atoms with Crippen LogP contribution < -0.4 is 5.32 Å². The van der Waals surface area contributed by atoms with Gasteiger partial charge in [0.1, 0.15) is 5.01 Å². The average Bonchev–Trinajstić information content (AvgIpc) is 2.73. The third-order valence-corrected chi connectivity index (χ3v) is 6.20. The van der Waals surface area contributed by atoms with E-state index in [1.54, 1.807) is 0 Å². The smallest absolute Gasteiger partial charge is 0.106 e. The summed E-state index contributed by atoms with van der Waals surface area (Å²) in [6.07, 6.45) is 4.06. The molecule has 96 valence electrons. The molecule has 1 N–H and O–H groups in total. The van der Waals surface area contributed by atoms with E-state index in [2.05, 4.69) is 37.8 Å². The first-order valence-electron chi connectivity index (χ1n) is 6.54. The van der Waals surface area contributed by atoms with Gasteiger partial charge in [0, 0.05) is 10.9 Å². The van der Waals surface area contributed by atoms with Crippen molar-refractivity contribution in [2.24, 2.45) is 0 Å². The maximum Gasteiger partial charge on any atom is 0.106 e. The molecule has 1 aliphatic rings. The van der Waals surface area contributed by atoms with Crippen LogP contribution in [0, 0.1) is 6.92 Å². The van der Waals surface area contributed by atoms with Crippen LogP contribution in [0.1, 0.15) is 60.0 Å². The highest BCUT2D eigenvalue weighted by molar-refractivity contribution is 7.99. The number of rotatable bonds is 4. The summed E-state index contributed by atoms with van der Waals surface area (Å²) in [4.78, 5) is 6.22. The standard InChI is InChI=1S/C13H22N2S2/c1-4-14-9(2)12-10(3)15-13(17-12)11-7-5-6-8-16-11/h9,11,14H,4-8H2,1-3H3. The fourth-order valence-electron chi connectivity index (χ4n) is 2.30. The number of aromatic nitrogens is 1. The Bertz CT molecular complexity index is 356. The topological polar surface area (TPSA) is 24.9 Å². The molecule has 2 rings (SSSR count). The van der Waals surface area contributed by atoms with E-state index < -0.39 is 0 Å². The lowest BCUT2D eigenvalue weighted by atomic mass is 10.2. The minimum Gasteiger partial charge on any atom is -0.310 e. The van der Waals surface area contributed by atoms with Crippen LogP contribution in [0.2, 0.25) is 0 Å². The molecule has 1 aromatic heterocycles. The number of nitrogens with zero attached hydrogens (tertiary/aromatic N) is 1. The van der Waals surface area contributed by atoms with E-state index in [0.29, 0.717) is 11.3 Å². The highest BCUT2D eigenvalue weighted by Crippen LogP contribution is 2.41. The fourth-order valence-corrected chi connectivity index (χ4v) is 4.95. The van der Waals surface area contributed by atoms with E-state index in [1.165, 1.54) is 40.6 Å². The molecule has 0 saturated carbocycles. The molecule has 1 fully saturated rings. The van der Waals surface area contributed by atoms with Crippen LogP contribution in [0.5, 0.6) is 0 Å². The number of thiazole rings is 1. The first-order chi connectivity index (χ1) is 8.22. The summed E-state index contributed by atoms with van der Waals surface area (Å²) in [5.41, 5.74) is 1.23. The first kappa shape index (κ1) is 13.4. The number of nitrogens with one attached hydrogen (secondary N) is 1. The molecule has 2 unspecified atom stereocenters. The average molecular weight is 270 g/mol. The van der Waals surface area contributed by atoms with Gasteiger partial charge in [-0.15, -0.1) is 11.3 Å². The third-order valence-electron chi connectivity index (χ3n) is 3.21. The van der Waals surface area contributed by atoms with E-state index in [1.807, 2.05) is 11.3 Å². The SMILES string of the molecule is CCNC(C)c1sc(C2CCCCS2)nc1C. The minimum atomic E-state index is 0.444.